The summed E-state index contributed by atoms with van der Waals surface area (Å²) in [5, 5.41) is 15.0. The summed E-state index contributed by atoms with van der Waals surface area (Å²) >= 11 is 1.56. The number of nitrogens with one attached hydrogen (secondary N) is 1. The third-order valence-electron chi connectivity index (χ3n) is 3.00. The third kappa shape index (κ3) is 3.22. The average molecular weight is 275 g/mol. The predicted octanol–water partition coefficient (Wildman–Crippen LogP) is 2.96. The molecule has 0 unspecified atom stereocenters. The zero-order chi connectivity index (χ0) is 13.7. The molecule has 1 heterocycles. The number of rotatable bonds is 6. The van der Waals surface area contributed by atoms with Crippen molar-refractivity contribution in [1.29, 1.82) is 0 Å². The Balaban J connectivity index is 2.12. The van der Waals surface area contributed by atoms with E-state index in [0.717, 1.165) is 16.5 Å². The Bertz CT molecular complexity index is 576. The van der Waals surface area contributed by atoms with Crippen LogP contribution in [0.5, 0.6) is 0 Å². The number of aliphatic hydroxyl groups is 1. The predicted molar refractivity (Wildman–Crippen MR) is 79.6 cm³/mol. The molecule has 0 saturated heterocycles. The van der Waals surface area contributed by atoms with E-state index in [-0.39, 0.29) is 18.6 Å². The number of hydrogen-bond acceptors (Lipinski definition) is 3. The van der Waals surface area contributed by atoms with E-state index in [0.29, 0.717) is 12.0 Å². The second-order valence-electron chi connectivity index (χ2n) is 4.36. The van der Waals surface area contributed by atoms with Crippen molar-refractivity contribution in [1.82, 2.24) is 5.32 Å². The van der Waals surface area contributed by atoms with E-state index in [1.54, 1.807) is 17.4 Å². The first-order valence-electron chi connectivity index (χ1n) is 6.25. The fourth-order valence-corrected chi connectivity index (χ4v) is 2.89. The third-order valence-corrected chi connectivity index (χ3v) is 3.96. The monoisotopic (exact) mass is 275 g/mol. The van der Waals surface area contributed by atoms with Gasteiger partial charge in [-0.25, -0.2) is 0 Å². The summed E-state index contributed by atoms with van der Waals surface area (Å²) in [5.41, 5.74) is 0.678. The van der Waals surface area contributed by atoms with Gasteiger partial charge in [-0.2, -0.15) is 0 Å². The zero-order valence-electron chi connectivity index (χ0n) is 10.6. The number of carbonyl (C=O) groups is 1. The van der Waals surface area contributed by atoms with Crippen molar-refractivity contribution >= 4 is 27.3 Å². The van der Waals surface area contributed by atoms with Crippen LogP contribution in [0.15, 0.2) is 42.3 Å². The molecule has 3 nitrogen and oxygen atoms in total. The number of benzene rings is 1. The lowest BCUT2D eigenvalue weighted by Crippen LogP contribution is -2.37. The summed E-state index contributed by atoms with van der Waals surface area (Å²) in [4.78, 5) is 12.2. The largest absolute Gasteiger partial charge is 0.394 e. The van der Waals surface area contributed by atoms with Gasteiger partial charge in [0.15, 0.2) is 0 Å². The van der Waals surface area contributed by atoms with Gasteiger partial charge < -0.3 is 10.4 Å². The molecule has 0 fully saturated rings. The molecule has 0 spiro atoms. The van der Waals surface area contributed by atoms with E-state index in [2.05, 4.69) is 11.9 Å². The van der Waals surface area contributed by atoms with Crippen LogP contribution in [-0.2, 0) is 0 Å². The van der Waals surface area contributed by atoms with Crippen LogP contribution in [0.3, 0.4) is 0 Å². The van der Waals surface area contributed by atoms with E-state index in [4.69, 9.17) is 0 Å². The Morgan fingerprint density at radius 3 is 3.00 bits per heavy atom. The van der Waals surface area contributed by atoms with Crippen molar-refractivity contribution in [3.8, 4) is 0 Å². The van der Waals surface area contributed by atoms with Gasteiger partial charge in [0.2, 0.25) is 0 Å². The van der Waals surface area contributed by atoms with Gasteiger partial charge in [-0.15, -0.1) is 17.9 Å². The molecule has 1 amide bonds. The lowest BCUT2D eigenvalue weighted by Gasteiger charge is -2.15. The van der Waals surface area contributed by atoms with Gasteiger partial charge in [-0.1, -0.05) is 24.3 Å². The second-order valence-corrected chi connectivity index (χ2v) is 5.28. The molecule has 19 heavy (non-hydrogen) atoms. The maximum atomic E-state index is 12.2. The molecule has 2 aromatic rings. The van der Waals surface area contributed by atoms with Crippen LogP contribution in [0.2, 0.25) is 0 Å². The first kappa shape index (κ1) is 13.8. The molecule has 0 saturated carbocycles. The normalized spacial score (nSPS) is 12.3. The number of thiophene rings is 1. The first-order chi connectivity index (χ1) is 9.26. The van der Waals surface area contributed by atoms with E-state index < -0.39 is 0 Å². The van der Waals surface area contributed by atoms with Gasteiger partial charge in [0.05, 0.1) is 18.2 Å². The number of carbonyl (C=O) groups excluding carboxylic acids is 1. The van der Waals surface area contributed by atoms with Crippen molar-refractivity contribution in [2.24, 2.45) is 0 Å². The number of hydrogen-bond donors (Lipinski definition) is 2. The maximum absolute atomic E-state index is 12.2. The summed E-state index contributed by atoms with van der Waals surface area (Å²) < 4.78 is 1.10. The fraction of sp³-hybridized carbons (Fsp3) is 0.267. The van der Waals surface area contributed by atoms with Crippen LogP contribution < -0.4 is 5.32 Å². The van der Waals surface area contributed by atoms with Gasteiger partial charge in [0.25, 0.3) is 5.91 Å². The van der Waals surface area contributed by atoms with Crippen LogP contribution in [-0.4, -0.2) is 23.7 Å². The van der Waals surface area contributed by atoms with Crippen molar-refractivity contribution in [2.75, 3.05) is 6.61 Å². The van der Waals surface area contributed by atoms with E-state index in [9.17, 15) is 9.90 Å². The topological polar surface area (TPSA) is 49.3 Å². The smallest absolute Gasteiger partial charge is 0.253 e. The van der Waals surface area contributed by atoms with Gasteiger partial charge in [0.1, 0.15) is 0 Å². The average Bonchev–Trinajstić information content (AvgIpc) is 2.87. The Morgan fingerprint density at radius 2 is 2.26 bits per heavy atom. The zero-order valence-corrected chi connectivity index (χ0v) is 11.5. The minimum atomic E-state index is -0.218. The molecule has 1 atom stereocenters. The van der Waals surface area contributed by atoms with Crippen LogP contribution in [0.25, 0.3) is 10.1 Å². The number of amides is 1. The van der Waals surface area contributed by atoms with Gasteiger partial charge >= 0.3 is 0 Å². The highest BCUT2D eigenvalue weighted by Gasteiger charge is 2.15. The molecule has 2 rings (SSSR count). The molecular weight excluding hydrogens is 258 g/mol. The molecule has 0 aliphatic rings. The lowest BCUT2D eigenvalue weighted by atomic mass is 10.1. The molecule has 0 aliphatic carbocycles. The minimum absolute atomic E-state index is 0.0539. The summed E-state index contributed by atoms with van der Waals surface area (Å²) in [6, 6.07) is 7.61. The molecule has 1 aromatic carbocycles. The highest BCUT2D eigenvalue weighted by atomic mass is 32.1. The molecule has 4 heteroatoms. The van der Waals surface area contributed by atoms with E-state index in [1.807, 2.05) is 29.6 Å². The number of aliphatic hydroxyl groups excluding tert-OH is 1. The number of allylic oxidation sites excluding steroid dienone is 1. The van der Waals surface area contributed by atoms with Gasteiger partial charge in [-0.05, 0) is 18.9 Å². The molecule has 0 bridgehead atoms. The molecule has 2 N–H and O–H groups in total. The Hall–Kier alpha value is -1.65. The van der Waals surface area contributed by atoms with Crippen LogP contribution in [0, 0.1) is 0 Å². The highest BCUT2D eigenvalue weighted by molar-refractivity contribution is 7.17. The van der Waals surface area contributed by atoms with E-state index >= 15 is 0 Å². The molecule has 100 valence electrons. The number of fused-ring (bicyclic) bond motifs is 1. The minimum Gasteiger partial charge on any atom is -0.394 e. The summed E-state index contributed by atoms with van der Waals surface area (Å²) in [7, 11) is 0. The van der Waals surface area contributed by atoms with Crippen molar-refractivity contribution < 1.29 is 9.90 Å². The van der Waals surface area contributed by atoms with Crippen LogP contribution in [0.4, 0.5) is 0 Å². The van der Waals surface area contributed by atoms with Crippen LogP contribution >= 0.6 is 11.3 Å². The van der Waals surface area contributed by atoms with Crippen LogP contribution in [0.1, 0.15) is 23.2 Å². The summed E-state index contributed by atoms with van der Waals surface area (Å²) in [6.07, 6.45) is 3.26. The molecule has 0 aliphatic heterocycles. The quantitative estimate of drug-likeness (QED) is 0.796. The SMILES string of the molecule is C=CCC[C@@H](CO)NC(=O)c1csc2ccccc12. The van der Waals surface area contributed by atoms with Crippen molar-refractivity contribution in [2.45, 2.75) is 18.9 Å². The highest BCUT2D eigenvalue weighted by Crippen LogP contribution is 2.25. The molecule has 1 aromatic heterocycles. The summed E-state index contributed by atoms with van der Waals surface area (Å²) in [6.45, 7) is 3.59. The van der Waals surface area contributed by atoms with Gasteiger partial charge in [0, 0.05) is 15.5 Å². The maximum Gasteiger partial charge on any atom is 0.253 e. The van der Waals surface area contributed by atoms with Crippen molar-refractivity contribution in [3.63, 3.8) is 0 Å². The summed E-state index contributed by atoms with van der Waals surface area (Å²) in [5.74, 6) is -0.124. The van der Waals surface area contributed by atoms with Crippen molar-refractivity contribution in [3.05, 3.63) is 47.9 Å². The van der Waals surface area contributed by atoms with E-state index in [1.165, 1.54) is 0 Å². The second kappa shape index (κ2) is 6.50. The standard InChI is InChI=1S/C15H17NO2S/c1-2-3-6-11(9-17)16-15(18)13-10-19-14-8-5-4-7-12(13)14/h2,4-5,7-8,10-11,17H,1,3,6,9H2,(H,16,18)/t11-/m0/s1. The lowest BCUT2D eigenvalue weighted by molar-refractivity contribution is 0.0915. The Kier molecular flexibility index (Phi) is 4.71. The van der Waals surface area contributed by atoms with Gasteiger partial charge in [-0.3, -0.25) is 4.79 Å². The molecule has 0 radical (unpaired) electrons. The fourth-order valence-electron chi connectivity index (χ4n) is 1.94. The first-order valence-corrected chi connectivity index (χ1v) is 7.13. The molecular formula is C15H17NO2S. The Morgan fingerprint density at radius 1 is 1.47 bits per heavy atom. The Labute approximate surface area is 116 Å².